The van der Waals surface area contributed by atoms with Gasteiger partial charge in [-0.1, -0.05) is 23.2 Å². The molecule has 8 heteroatoms. The van der Waals surface area contributed by atoms with Gasteiger partial charge in [0, 0.05) is 12.1 Å². The van der Waals surface area contributed by atoms with Crippen molar-refractivity contribution in [1.82, 2.24) is 10.0 Å². The SMILES string of the molecule is CC1CC(NS(=O)(=O)c2ccc(Cl)c(F)c2Cl)CCN1. The minimum absolute atomic E-state index is 0.189. The van der Waals surface area contributed by atoms with Crippen molar-refractivity contribution in [1.29, 1.82) is 0 Å². The van der Waals surface area contributed by atoms with Crippen molar-refractivity contribution in [2.45, 2.75) is 36.7 Å². The third-order valence-corrected chi connectivity index (χ3v) is 5.57. The lowest BCUT2D eigenvalue weighted by molar-refractivity contribution is 0.361. The van der Waals surface area contributed by atoms with Gasteiger partial charge in [0.2, 0.25) is 10.0 Å². The number of benzene rings is 1. The summed E-state index contributed by atoms with van der Waals surface area (Å²) in [5, 5.41) is 2.54. The van der Waals surface area contributed by atoms with Crippen molar-refractivity contribution in [3.05, 3.63) is 28.0 Å². The topological polar surface area (TPSA) is 58.2 Å². The Balaban J connectivity index is 2.25. The van der Waals surface area contributed by atoms with Crippen LogP contribution in [-0.4, -0.2) is 27.0 Å². The number of piperidine rings is 1. The fourth-order valence-corrected chi connectivity index (χ4v) is 4.27. The highest BCUT2D eigenvalue weighted by Crippen LogP contribution is 2.29. The Kier molecular flexibility index (Phi) is 4.92. The van der Waals surface area contributed by atoms with Crippen LogP contribution in [-0.2, 0) is 10.0 Å². The number of sulfonamides is 1. The van der Waals surface area contributed by atoms with E-state index in [-0.39, 0.29) is 22.0 Å². The zero-order valence-electron chi connectivity index (χ0n) is 10.8. The summed E-state index contributed by atoms with van der Waals surface area (Å²) < 4.78 is 40.7. The molecular formula is C12H15Cl2FN2O2S. The van der Waals surface area contributed by atoms with E-state index in [1.807, 2.05) is 6.92 Å². The van der Waals surface area contributed by atoms with Crippen LogP contribution in [0.25, 0.3) is 0 Å². The molecule has 1 heterocycles. The van der Waals surface area contributed by atoms with E-state index < -0.39 is 20.9 Å². The Morgan fingerprint density at radius 3 is 2.75 bits per heavy atom. The molecule has 1 aromatic rings. The van der Waals surface area contributed by atoms with Crippen LogP contribution in [0.4, 0.5) is 4.39 Å². The molecule has 1 saturated heterocycles. The van der Waals surface area contributed by atoms with Crippen molar-refractivity contribution in [3.63, 3.8) is 0 Å². The smallest absolute Gasteiger partial charge is 0.242 e. The maximum absolute atomic E-state index is 13.6. The summed E-state index contributed by atoms with van der Waals surface area (Å²) in [5.74, 6) is -0.921. The second kappa shape index (κ2) is 6.15. The van der Waals surface area contributed by atoms with Gasteiger partial charge in [-0.2, -0.15) is 0 Å². The van der Waals surface area contributed by atoms with Crippen LogP contribution in [0, 0.1) is 5.82 Å². The molecular weight excluding hydrogens is 326 g/mol. The van der Waals surface area contributed by atoms with Crippen LogP contribution >= 0.6 is 23.2 Å². The number of rotatable bonds is 3. The first-order valence-corrected chi connectivity index (χ1v) is 8.44. The standard InChI is InChI=1S/C12H15Cl2FN2O2S/c1-7-6-8(4-5-16-7)17-20(18,19)10-3-2-9(13)12(15)11(10)14/h2-3,7-8,16-17H,4-6H2,1H3. The van der Waals surface area contributed by atoms with Gasteiger partial charge >= 0.3 is 0 Å². The van der Waals surface area contributed by atoms with Gasteiger partial charge < -0.3 is 5.32 Å². The second-order valence-electron chi connectivity index (χ2n) is 4.87. The lowest BCUT2D eigenvalue weighted by Crippen LogP contribution is -2.46. The van der Waals surface area contributed by atoms with E-state index >= 15 is 0 Å². The molecule has 2 unspecified atom stereocenters. The average molecular weight is 341 g/mol. The molecule has 0 bridgehead atoms. The molecule has 1 fully saturated rings. The van der Waals surface area contributed by atoms with Crippen LogP contribution in [0.15, 0.2) is 17.0 Å². The van der Waals surface area contributed by atoms with E-state index in [2.05, 4.69) is 10.0 Å². The molecule has 20 heavy (non-hydrogen) atoms. The van der Waals surface area contributed by atoms with Gasteiger partial charge in [0.05, 0.1) is 10.0 Å². The Morgan fingerprint density at radius 2 is 2.10 bits per heavy atom. The van der Waals surface area contributed by atoms with Crippen LogP contribution in [0.2, 0.25) is 10.0 Å². The Morgan fingerprint density at radius 1 is 1.40 bits per heavy atom. The van der Waals surface area contributed by atoms with Crippen molar-refractivity contribution in [3.8, 4) is 0 Å². The molecule has 112 valence electrons. The van der Waals surface area contributed by atoms with Crippen LogP contribution in [0.1, 0.15) is 19.8 Å². The Labute approximate surface area is 127 Å². The lowest BCUT2D eigenvalue weighted by atomic mass is 10.0. The van der Waals surface area contributed by atoms with E-state index in [0.717, 1.165) is 6.54 Å². The maximum Gasteiger partial charge on any atom is 0.242 e. The Hall–Kier alpha value is -0.400. The van der Waals surface area contributed by atoms with Gasteiger partial charge in [-0.05, 0) is 38.4 Å². The molecule has 1 aliphatic heterocycles. The fourth-order valence-electron chi connectivity index (χ4n) is 2.24. The second-order valence-corrected chi connectivity index (χ2v) is 7.34. The van der Waals surface area contributed by atoms with Crippen molar-refractivity contribution in [2.24, 2.45) is 0 Å². The molecule has 4 nitrogen and oxygen atoms in total. The summed E-state index contributed by atoms with van der Waals surface area (Å²) >= 11 is 11.3. The third kappa shape index (κ3) is 3.43. The largest absolute Gasteiger partial charge is 0.314 e. The highest BCUT2D eigenvalue weighted by molar-refractivity contribution is 7.89. The van der Waals surface area contributed by atoms with Crippen LogP contribution in [0.3, 0.4) is 0 Å². The van der Waals surface area contributed by atoms with Crippen molar-refractivity contribution in [2.75, 3.05) is 6.54 Å². The minimum atomic E-state index is -3.86. The predicted molar refractivity (Wildman–Crippen MR) is 77.2 cm³/mol. The zero-order valence-corrected chi connectivity index (χ0v) is 13.1. The number of halogens is 3. The molecule has 2 atom stereocenters. The fraction of sp³-hybridized carbons (Fsp3) is 0.500. The molecule has 0 amide bonds. The highest BCUT2D eigenvalue weighted by Gasteiger charge is 2.27. The lowest BCUT2D eigenvalue weighted by Gasteiger charge is -2.28. The monoisotopic (exact) mass is 340 g/mol. The summed E-state index contributed by atoms with van der Waals surface area (Å²) in [6.45, 7) is 2.71. The van der Waals surface area contributed by atoms with Crippen LogP contribution in [0.5, 0.6) is 0 Å². The van der Waals surface area contributed by atoms with E-state index in [4.69, 9.17) is 23.2 Å². The molecule has 2 N–H and O–H groups in total. The summed E-state index contributed by atoms with van der Waals surface area (Å²) in [5.41, 5.74) is 0. The number of hydrogen-bond donors (Lipinski definition) is 2. The van der Waals surface area contributed by atoms with Gasteiger partial charge in [0.15, 0.2) is 5.82 Å². The quantitative estimate of drug-likeness (QED) is 0.831. The molecule has 1 aromatic carbocycles. The first-order chi connectivity index (χ1) is 9.31. The minimum Gasteiger partial charge on any atom is -0.314 e. The van der Waals surface area contributed by atoms with Gasteiger partial charge in [-0.15, -0.1) is 0 Å². The van der Waals surface area contributed by atoms with Crippen molar-refractivity contribution < 1.29 is 12.8 Å². The van der Waals surface area contributed by atoms with E-state index in [0.29, 0.717) is 12.8 Å². The normalized spacial score (nSPS) is 23.8. The van der Waals surface area contributed by atoms with Crippen molar-refractivity contribution >= 4 is 33.2 Å². The van der Waals surface area contributed by atoms with Crippen LogP contribution < -0.4 is 10.0 Å². The van der Waals surface area contributed by atoms with Gasteiger partial charge in [-0.25, -0.2) is 17.5 Å². The molecule has 2 rings (SSSR count). The number of nitrogens with one attached hydrogen (secondary N) is 2. The van der Waals surface area contributed by atoms with Gasteiger partial charge in [0.25, 0.3) is 0 Å². The Bertz CT molecular complexity index is 610. The maximum atomic E-state index is 13.6. The zero-order chi connectivity index (χ0) is 14.9. The summed E-state index contributed by atoms with van der Waals surface area (Å²) in [7, 11) is -3.86. The molecule has 0 radical (unpaired) electrons. The first kappa shape index (κ1) is 16.0. The molecule has 0 aromatic heterocycles. The van der Waals surface area contributed by atoms with E-state index in [1.165, 1.54) is 12.1 Å². The van der Waals surface area contributed by atoms with E-state index in [9.17, 15) is 12.8 Å². The number of hydrogen-bond acceptors (Lipinski definition) is 3. The summed E-state index contributed by atoms with van der Waals surface area (Å²) in [6.07, 6.45) is 1.35. The predicted octanol–water partition coefficient (Wildman–Crippen LogP) is 2.55. The molecule has 1 aliphatic rings. The molecule has 0 aliphatic carbocycles. The summed E-state index contributed by atoms with van der Waals surface area (Å²) in [6, 6.07) is 2.43. The molecule has 0 saturated carbocycles. The van der Waals surface area contributed by atoms with Gasteiger partial charge in [0.1, 0.15) is 4.90 Å². The van der Waals surface area contributed by atoms with E-state index in [1.54, 1.807) is 0 Å². The highest BCUT2D eigenvalue weighted by atomic mass is 35.5. The first-order valence-electron chi connectivity index (χ1n) is 6.20. The summed E-state index contributed by atoms with van der Waals surface area (Å²) in [4.78, 5) is -0.285. The van der Waals surface area contributed by atoms with Gasteiger partial charge in [-0.3, -0.25) is 0 Å². The third-order valence-electron chi connectivity index (χ3n) is 3.23. The molecule has 0 spiro atoms. The average Bonchev–Trinajstić information content (AvgIpc) is 2.35.